The van der Waals surface area contributed by atoms with Gasteiger partial charge in [0.15, 0.2) is 0 Å². The number of hydrogen-bond acceptors (Lipinski definition) is 8. The first-order chi connectivity index (χ1) is 14.3. The Morgan fingerprint density at radius 1 is 1.03 bits per heavy atom. The summed E-state index contributed by atoms with van der Waals surface area (Å²) < 4.78 is 7.67. The summed E-state index contributed by atoms with van der Waals surface area (Å²) in [5.74, 6) is 2.39. The van der Waals surface area contributed by atoms with Gasteiger partial charge in [-0.3, -0.25) is 4.90 Å². The molecule has 0 bridgehead atoms. The van der Waals surface area contributed by atoms with E-state index in [0.717, 1.165) is 60.7 Å². The maximum Gasteiger partial charge on any atom is 0.250 e. The predicted octanol–water partition coefficient (Wildman–Crippen LogP) is 3.01. The van der Waals surface area contributed by atoms with Gasteiger partial charge in [0.25, 0.3) is 0 Å². The van der Waals surface area contributed by atoms with Crippen LogP contribution < -0.4 is 4.90 Å². The number of rotatable bonds is 5. The summed E-state index contributed by atoms with van der Waals surface area (Å²) in [5.41, 5.74) is 1.98. The molecule has 148 valence electrons. The highest BCUT2D eigenvalue weighted by molar-refractivity contribution is 7.13. The van der Waals surface area contributed by atoms with Gasteiger partial charge in [-0.15, -0.1) is 11.3 Å². The summed E-state index contributed by atoms with van der Waals surface area (Å²) in [4.78, 5) is 10.4. The van der Waals surface area contributed by atoms with E-state index in [1.165, 1.54) is 0 Å². The quantitative estimate of drug-likeness (QED) is 0.503. The van der Waals surface area contributed by atoms with Crippen molar-refractivity contribution in [1.29, 1.82) is 0 Å². The van der Waals surface area contributed by atoms with Gasteiger partial charge in [0.05, 0.1) is 16.3 Å². The van der Waals surface area contributed by atoms with Crippen LogP contribution >= 0.6 is 11.3 Å². The first kappa shape index (κ1) is 18.0. The predicted molar refractivity (Wildman–Crippen MR) is 111 cm³/mol. The van der Waals surface area contributed by atoms with Crippen LogP contribution in [0.2, 0.25) is 0 Å². The van der Waals surface area contributed by atoms with Crippen LogP contribution in [-0.2, 0) is 6.54 Å². The first-order valence-electron chi connectivity index (χ1n) is 9.59. The van der Waals surface area contributed by atoms with Gasteiger partial charge in [-0.1, -0.05) is 29.4 Å². The number of para-hydroxylation sites is 1. The summed E-state index contributed by atoms with van der Waals surface area (Å²) >= 11 is 1.64. The molecule has 0 saturated carbocycles. The van der Waals surface area contributed by atoms with Crippen molar-refractivity contribution in [3.63, 3.8) is 0 Å². The molecule has 29 heavy (non-hydrogen) atoms. The van der Waals surface area contributed by atoms with E-state index in [9.17, 15) is 0 Å². The molecular formula is C20H21N7OS. The zero-order chi connectivity index (χ0) is 19.6. The van der Waals surface area contributed by atoms with Gasteiger partial charge < -0.3 is 9.32 Å². The van der Waals surface area contributed by atoms with Crippen LogP contribution in [0.25, 0.3) is 16.5 Å². The summed E-state index contributed by atoms with van der Waals surface area (Å²) in [6, 6.07) is 14.0. The molecule has 4 heterocycles. The normalized spacial score (nSPS) is 15.1. The van der Waals surface area contributed by atoms with E-state index in [-0.39, 0.29) is 0 Å². The van der Waals surface area contributed by atoms with E-state index in [4.69, 9.17) is 9.40 Å². The maximum atomic E-state index is 5.88. The van der Waals surface area contributed by atoms with Crippen LogP contribution in [-0.4, -0.2) is 56.3 Å². The lowest BCUT2D eigenvalue weighted by molar-refractivity contribution is 0.244. The van der Waals surface area contributed by atoms with Gasteiger partial charge >= 0.3 is 0 Å². The second-order valence-electron chi connectivity index (χ2n) is 6.99. The Hall–Kier alpha value is -3.04. The Morgan fingerprint density at radius 2 is 1.86 bits per heavy atom. The number of anilines is 1. The summed E-state index contributed by atoms with van der Waals surface area (Å²) in [6.07, 6.45) is 0. The summed E-state index contributed by atoms with van der Waals surface area (Å²) in [5, 5.41) is 14.3. The Morgan fingerprint density at radius 3 is 2.62 bits per heavy atom. The van der Waals surface area contributed by atoms with Gasteiger partial charge in [-0.25, -0.2) is 4.98 Å². The van der Waals surface area contributed by atoms with Crippen molar-refractivity contribution in [2.24, 2.45) is 0 Å². The number of piperazine rings is 1. The fourth-order valence-corrected chi connectivity index (χ4v) is 4.16. The summed E-state index contributed by atoms with van der Waals surface area (Å²) in [7, 11) is 0. The highest BCUT2D eigenvalue weighted by atomic mass is 32.1. The summed E-state index contributed by atoms with van der Waals surface area (Å²) in [6.45, 7) is 6.34. The lowest BCUT2D eigenvalue weighted by atomic mass is 10.2. The minimum Gasteiger partial charge on any atom is -0.440 e. The molecule has 8 nitrogen and oxygen atoms in total. The molecule has 4 aromatic rings. The smallest absolute Gasteiger partial charge is 0.250 e. The van der Waals surface area contributed by atoms with Gasteiger partial charge in [0.2, 0.25) is 11.8 Å². The number of tetrazole rings is 1. The monoisotopic (exact) mass is 407 g/mol. The third-order valence-electron chi connectivity index (χ3n) is 5.11. The van der Waals surface area contributed by atoms with Crippen LogP contribution in [0.3, 0.4) is 0 Å². The van der Waals surface area contributed by atoms with Crippen LogP contribution in [0.5, 0.6) is 0 Å². The van der Waals surface area contributed by atoms with Crippen molar-refractivity contribution in [1.82, 2.24) is 30.1 Å². The molecule has 1 aliphatic heterocycles. The van der Waals surface area contributed by atoms with Crippen molar-refractivity contribution in [2.75, 3.05) is 31.1 Å². The van der Waals surface area contributed by atoms with E-state index >= 15 is 0 Å². The molecule has 1 saturated heterocycles. The van der Waals surface area contributed by atoms with Gasteiger partial charge in [0.1, 0.15) is 5.76 Å². The van der Waals surface area contributed by atoms with Crippen LogP contribution in [0.4, 0.5) is 5.95 Å². The third-order valence-corrected chi connectivity index (χ3v) is 5.96. The zero-order valence-corrected chi connectivity index (χ0v) is 16.9. The Kier molecular flexibility index (Phi) is 4.82. The SMILES string of the molecule is Cc1oc(-c2cccs2)nc1CN1CCN(c2nnnn2-c2ccccc2)CC1. The second-order valence-corrected chi connectivity index (χ2v) is 7.94. The third kappa shape index (κ3) is 3.66. The number of benzene rings is 1. The molecule has 0 unspecified atom stereocenters. The minimum absolute atomic E-state index is 0.716. The highest BCUT2D eigenvalue weighted by Gasteiger charge is 2.24. The molecule has 0 N–H and O–H groups in total. The van der Waals surface area contributed by atoms with E-state index in [1.54, 1.807) is 16.0 Å². The van der Waals surface area contributed by atoms with Crippen molar-refractivity contribution < 1.29 is 4.42 Å². The average Bonchev–Trinajstić information content (AvgIpc) is 3.51. The first-order valence-corrected chi connectivity index (χ1v) is 10.5. The molecule has 1 fully saturated rings. The molecule has 0 aliphatic carbocycles. The Labute approximate surface area is 172 Å². The zero-order valence-electron chi connectivity index (χ0n) is 16.1. The van der Waals surface area contributed by atoms with Crippen LogP contribution in [0.15, 0.2) is 52.3 Å². The van der Waals surface area contributed by atoms with Crippen molar-refractivity contribution in [3.05, 3.63) is 59.3 Å². The lowest BCUT2D eigenvalue weighted by Gasteiger charge is -2.34. The number of aryl methyl sites for hydroxylation is 1. The van der Waals surface area contributed by atoms with Gasteiger partial charge in [0, 0.05) is 32.7 Å². The van der Waals surface area contributed by atoms with E-state index in [0.29, 0.717) is 5.89 Å². The molecule has 9 heteroatoms. The Bertz CT molecular complexity index is 1070. The number of hydrogen-bond donors (Lipinski definition) is 0. The molecule has 0 amide bonds. The molecule has 1 aromatic carbocycles. The number of aromatic nitrogens is 5. The standard InChI is InChI=1S/C20H21N7OS/c1-15-17(21-19(28-15)18-8-5-13-29-18)14-25-9-11-26(12-10-25)20-22-23-24-27(20)16-6-3-2-4-7-16/h2-8,13H,9-12,14H2,1H3. The van der Waals surface area contributed by atoms with E-state index in [1.807, 2.05) is 54.8 Å². The molecule has 0 spiro atoms. The largest absolute Gasteiger partial charge is 0.440 e. The topological polar surface area (TPSA) is 76.1 Å². The Balaban J connectivity index is 1.25. The van der Waals surface area contributed by atoms with E-state index in [2.05, 4.69) is 25.3 Å². The molecule has 3 aromatic heterocycles. The molecule has 0 radical (unpaired) electrons. The van der Waals surface area contributed by atoms with Crippen LogP contribution in [0.1, 0.15) is 11.5 Å². The van der Waals surface area contributed by atoms with Gasteiger partial charge in [-0.05, 0) is 40.9 Å². The lowest BCUT2D eigenvalue weighted by Crippen LogP contribution is -2.47. The fraction of sp³-hybridized carbons (Fsp3) is 0.300. The second kappa shape index (κ2) is 7.76. The number of nitrogens with zero attached hydrogens (tertiary/aromatic N) is 7. The maximum absolute atomic E-state index is 5.88. The molecular weight excluding hydrogens is 386 g/mol. The minimum atomic E-state index is 0.716. The van der Waals surface area contributed by atoms with Crippen molar-refractivity contribution >= 4 is 17.3 Å². The molecule has 0 atom stereocenters. The van der Waals surface area contributed by atoms with Gasteiger partial charge in [-0.2, -0.15) is 4.68 Å². The van der Waals surface area contributed by atoms with Crippen molar-refractivity contribution in [3.8, 4) is 16.5 Å². The molecule has 5 rings (SSSR count). The highest BCUT2D eigenvalue weighted by Crippen LogP contribution is 2.26. The molecule has 1 aliphatic rings. The van der Waals surface area contributed by atoms with E-state index < -0.39 is 0 Å². The number of thiophene rings is 1. The fourth-order valence-electron chi connectivity index (χ4n) is 3.51. The average molecular weight is 408 g/mol. The number of oxazole rings is 1. The van der Waals surface area contributed by atoms with Crippen molar-refractivity contribution in [2.45, 2.75) is 13.5 Å². The van der Waals surface area contributed by atoms with Crippen LogP contribution in [0, 0.1) is 6.92 Å².